The summed E-state index contributed by atoms with van der Waals surface area (Å²) in [6.45, 7) is 1.70. The van der Waals surface area contributed by atoms with Crippen LogP contribution in [0.25, 0.3) is 0 Å². The van der Waals surface area contributed by atoms with Crippen molar-refractivity contribution in [2.75, 3.05) is 6.61 Å². The van der Waals surface area contributed by atoms with E-state index >= 15 is 0 Å². The molecule has 0 aliphatic heterocycles. The minimum atomic E-state index is -3.84. The van der Waals surface area contributed by atoms with E-state index in [2.05, 4.69) is 0 Å². The minimum Gasteiger partial charge on any atom is -0.266 e. The molecule has 0 aromatic heterocycles. The first-order valence-corrected chi connectivity index (χ1v) is 7.52. The maximum atomic E-state index is 13.0. The topological polar surface area (TPSA) is 43.4 Å². The second-order valence-electron chi connectivity index (χ2n) is 5.49. The van der Waals surface area contributed by atoms with Crippen molar-refractivity contribution in [3.05, 3.63) is 29.8 Å². The third-order valence-electron chi connectivity index (χ3n) is 4.11. The molecule has 6 heteroatoms. The van der Waals surface area contributed by atoms with Crippen LogP contribution >= 0.6 is 0 Å². The van der Waals surface area contributed by atoms with Crippen molar-refractivity contribution >= 4 is 10.1 Å². The number of aryl methyl sites for hydroxylation is 1. The molecule has 2 unspecified atom stereocenters. The van der Waals surface area contributed by atoms with Gasteiger partial charge in [0.05, 0.1) is 11.5 Å². The first kappa shape index (κ1) is 13.0. The van der Waals surface area contributed by atoms with Crippen LogP contribution in [0, 0.1) is 18.3 Å². The maximum Gasteiger partial charge on any atom is 0.296 e. The Morgan fingerprint density at radius 3 is 2.37 bits per heavy atom. The van der Waals surface area contributed by atoms with Gasteiger partial charge in [-0.15, -0.1) is 0 Å². The molecule has 3 nitrogen and oxygen atoms in total. The van der Waals surface area contributed by atoms with Crippen LogP contribution in [0.3, 0.4) is 0 Å². The Labute approximate surface area is 110 Å². The average molecular weight is 288 g/mol. The van der Waals surface area contributed by atoms with Crippen molar-refractivity contribution < 1.29 is 21.4 Å². The molecular weight excluding hydrogens is 274 g/mol. The van der Waals surface area contributed by atoms with Gasteiger partial charge in [0.15, 0.2) is 0 Å². The lowest BCUT2D eigenvalue weighted by atomic mass is 10.2. The quantitative estimate of drug-likeness (QED) is 0.800. The summed E-state index contributed by atoms with van der Waals surface area (Å²) in [6.07, 6.45) is 0.238. The van der Waals surface area contributed by atoms with Crippen molar-refractivity contribution in [2.45, 2.75) is 30.6 Å². The van der Waals surface area contributed by atoms with E-state index in [0.29, 0.717) is 6.42 Å². The molecule has 1 aromatic carbocycles. The predicted octanol–water partition coefficient (Wildman–Crippen LogP) is 2.75. The summed E-state index contributed by atoms with van der Waals surface area (Å²) in [5, 5.41) is 0. The lowest BCUT2D eigenvalue weighted by molar-refractivity contribution is 0.0864. The normalized spacial score (nSPS) is 31.4. The predicted molar refractivity (Wildman–Crippen MR) is 64.4 cm³/mol. The molecule has 2 aliphatic carbocycles. The summed E-state index contributed by atoms with van der Waals surface area (Å²) in [6, 6.07) is 6.26. The van der Waals surface area contributed by atoms with Gasteiger partial charge in [0.1, 0.15) is 0 Å². The van der Waals surface area contributed by atoms with Crippen LogP contribution < -0.4 is 0 Å². The number of hydrogen-bond acceptors (Lipinski definition) is 3. The molecular formula is C13H14F2O3S. The summed E-state index contributed by atoms with van der Waals surface area (Å²) >= 11 is 0. The third kappa shape index (κ3) is 2.07. The highest BCUT2D eigenvalue weighted by atomic mass is 32.2. The molecule has 2 fully saturated rings. The van der Waals surface area contributed by atoms with Gasteiger partial charge in [-0.2, -0.15) is 8.42 Å². The van der Waals surface area contributed by atoms with Crippen LogP contribution in [0.5, 0.6) is 0 Å². The smallest absolute Gasteiger partial charge is 0.266 e. The fraction of sp³-hybridized carbons (Fsp3) is 0.538. The van der Waals surface area contributed by atoms with Crippen molar-refractivity contribution in [1.82, 2.24) is 0 Å². The highest BCUT2D eigenvalue weighted by Gasteiger charge is 2.83. The lowest BCUT2D eigenvalue weighted by Crippen LogP contribution is -2.10. The fourth-order valence-corrected chi connectivity index (χ4v) is 3.51. The van der Waals surface area contributed by atoms with Gasteiger partial charge in [0, 0.05) is 11.8 Å². The molecule has 19 heavy (non-hydrogen) atoms. The number of rotatable bonds is 4. The Balaban J connectivity index is 1.63. The van der Waals surface area contributed by atoms with E-state index in [-0.39, 0.29) is 23.8 Å². The number of hydrogen-bond donors (Lipinski definition) is 0. The van der Waals surface area contributed by atoms with Crippen LogP contribution in [0.15, 0.2) is 29.2 Å². The Hall–Kier alpha value is -1.01. The molecule has 0 bridgehead atoms. The molecule has 2 aliphatic rings. The van der Waals surface area contributed by atoms with E-state index in [0.717, 1.165) is 5.56 Å². The number of alkyl halides is 2. The molecule has 1 aromatic rings. The van der Waals surface area contributed by atoms with Crippen LogP contribution in [0.1, 0.15) is 18.4 Å². The van der Waals surface area contributed by atoms with Crippen LogP contribution in [0.4, 0.5) is 8.78 Å². The van der Waals surface area contributed by atoms with Crippen molar-refractivity contribution in [3.63, 3.8) is 0 Å². The van der Waals surface area contributed by atoms with Crippen molar-refractivity contribution in [1.29, 1.82) is 0 Å². The largest absolute Gasteiger partial charge is 0.296 e. The Morgan fingerprint density at radius 1 is 1.32 bits per heavy atom. The van der Waals surface area contributed by atoms with Gasteiger partial charge >= 0.3 is 0 Å². The van der Waals surface area contributed by atoms with E-state index in [4.69, 9.17) is 4.18 Å². The van der Waals surface area contributed by atoms with E-state index in [9.17, 15) is 17.2 Å². The second kappa shape index (κ2) is 3.76. The maximum absolute atomic E-state index is 13.0. The van der Waals surface area contributed by atoms with Crippen LogP contribution in [-0.4, -0.2) is 20.9 Å². The van der Waals surface area contributed by atoms with Crippen molar-refractivity contribution in [3.8, 4) is 0 Å². The zero-order chi connectivity index (χ0) is 13.9. The van der Waals surface area contributed by atoms with Crippen molar-refractivity contribution in [2.24, 2.45) is 11.3 Å². The molecule has 0 heterocycles. The molecule has 0 N–H and O–H groups in total. The fourth-order valence-electron chi connectivity index (χ4n) is 2.56. The lowest BCUT2D eigenvalue weighted by Gasteiger charge is -2.05. The Kier molecular flexibility index (Phi) is 2.57. The van der Waals surface area contributed by atoms with Gasteiger partial charge in [-0.3, -0.25) is 4.18 Å². The summed E-state index contributed by atoms with van der Waals surface area (Å²) in [5.74, 6) is -2.95. The summed E-state index contributed by atoms with van der Waals surface area (Å²) in [4.78, 5) is 0.0651. The summed E-state index contributed by atoms with van der Waals surface area (Å²) in [7, 11) is -3.84. The molecule has 104 valence electrons. The van der Waals surface area contributed by atoms with Gasteiger partial charge in [-0.25, -0.2) is 8.78 Å². The molecule has 2 atom stereocenters. The molecule has 2 saturated carbocycles. The van der Waals surface area contributed by atoms with E-state index in [1.165, 1.54) is 12.1 Å². The molecule has 0 amide bonds. The monoisotopic (exact) mass is 288 g/mol. The first-order chi connectivity index (χ1) is 8.77. The van der Waals surface area contributed by atoms with Gasteiger partial charge in [0.25, 0.3) is 16.0 Å². The zero-order valence-corrected chi connectivity index (χ0v) is 11.2. The summed E-state index contributed by atoms with van der Waals surface area (Å²) < 4.78 is 54.6. The zero-order valence-electron chi connectivity index (χ0n) is 10.4. The SMILES string of the molecule is Cc1ccc(S(=O)(=O)OCC2CC23CC3(F)F)cc1. The minimum absolute atomic E-state index is 0.0651. The standard InChI is InChI=1S/C13H14F2O3S/c1-9-2-4-11(5-3-9)19(16,17)18-7-10-6-12(10)8-13(12,14)15/h2-5,10H,6-8H2,1H3. The second-order valence-corrected chi connectivity index (χ2v) is 7.11. The highest BCUT2D eigenvalue weighted by molar-refractivity contribution is 7.86. The molecule has 0 radical (unpaired) electrons. The van der Waals surface area contributed by atoms with E-state index in [1.807, 2.05) is 6.92 Å². The Morgan fingerprint density at radius 2 is 1.89 bits per heavy atom. The van der Waals surface area contributed by atoms with Gasteiger partial charge in [-0.1, -0.05) is 17.7 Å². The van der Waals surface area contributed by atoms with Crippen LogP contribution in [-0.2, 0) is 14.3 Å². The van der Waals surface area contributed by atoms with E-state index < -0.39 is 21.5 Å². The Bertz CT molecular complexity index is 609. The number of halogens is 2. The van der Waals surface area contributed by atoms with Gasteiger partial charge in [0.2, 0.25) is 0 Å². The van der Waals surface area contributed by atoms with Gasteiger partial charge in [-0.05, 0) is 31.4 Å². The number of benzene rings is 1. The van der Waals surface area contributed by atoms with Gasteiger partial charge < -0.3 is 0 Å². The molecule has 3 rings (SSSR count). The van der Waals surface area contributed by atoms with Crippen LogP contribution in [0.2, 0.25) is 0 Å². The van der Waals surface area contributed by atoms with E-state index in [1.54, 1.807) is 12.1 Å². The molecule has 0 saturated heterocycles. The molecule has 1 spiro atoms. The third-order valence-corrected chi connectivity index (χ3v) is 5.40. The highest BCUT2D eigenvalue weighted by Crippen LogP contribution is 2.79. The first-order valence-electron chi connectivity index (χ1n) is 6.11. The summed E-state index contributed by atoms with van der Waals surface area (Å²) in [5.41, 5.74) is -0.00628. The average Bonchev–Trinajstić information content (AvgIpc) is 3.15.